The molecule has 0 saturated carbocycles. The summed E-state index contributed by atoms with van der Waals surface area (Å²) >= 11 is 7.29. The molecular formula is C16H16ClN5O2S. The molecule has 2 heterocycles. The number of halogens is 1. The fourth-order valence-corrected chi connectivity index (χ4v) is 3.44. The van der Waals surface area contributed by atoms with Crippen molar-refractivity contribution in [1.82, 2.24) is 20.0 Å². The molecule has 0 fully saturated rings. The largest absolute Gasteiger partial charge is 0.295 e. The van der Waals surface area contributed by atoms with Gasteiger partial charge in [0.05, 0.1) is 10.9 Å². The predicted molar refractivity (Wildman–Crippen MR) is 98.5 cm³/mol. The number of aromatic nitrogens is 4. The van der Waals surface area contributed by atoms with E-state index in [1.165, 1.54) is 11.3 Å². The molecule has 0 aliphatic carbocycles. The number of aryl methyl sites for hydroxylation is 2. The van der Waals surface area contributed by atoms with Crippen LogP contribution in [0.5, 0.6) is 0 Å². The van der Waals surface area contributed by atoms with Gasteiger partial charge in [-0.3, -0.25) is 19.6 Å². The fourth-order valence-electron chi connectivity index (χ4n) is 2.43. The van der Waals surface area contributed by atoms with Gasteiger partial charge in [-0.2, -0.15) is 5.10 Å². The van der Waals surface area contributed by atoms with Gasteiger partial charge >= 0.3 is 0 Å². The number of fused-ring (bicyclic) bond motifs is 1. The molecule has 2 aromatic heterocycles. The molecule has 0 radical (unpaired) electrons. The minimum Gasteiger partial charge on any atom is -0.295 e. The minimum atomic E-state index is -0.603. The number of rotatable bonds is 5. The smallest absolute Gasteiger partial charge is 0.282 e. The van der Waals surface area contributed by atoms with Crippen molar-refractivity contribution in [3.05, 3.63) is 44.1 Å². The molecule has 130 valence electrons. The van der Waals surface area contributed by atoms with Crippen LogP contribution in [0, 0.1) is 0 Å². The maximum Gasteiger partial charge on any atom is 0.282 e. The number of amides is 1. The molecule has 25 heavy (non-hydrogen) atoms. The highest BCUT2D eigenvalue weighted by molar-refractivity contribution is 7.15. The highest BCUT2D eigenvalue weighted by Gasteiger charge is 2.19. The molecule has 0 aliphatic heterocycles. The quantitative estimate of drug-likeness (QED) is 0.737. The van der Waals surface area contributed by atoms with E-state index in [0.29, 0.717) is 27.6 Å². The Morgan fingerprint density at radius 3 is 2.84 bits per heavy atom. The Bertz CT molecular complexity index is 998. The van der Waals surface area contributed by atoms with Gasteiger partial charge in [-0.05, 0) is 31.5 Å². The Morgan fingerprint density at radius 2 is 2.12 bits per heavy atom. The fraction of sp³-hybridized carbons (Fsp3) is 0.312. The number of hydrogen-bond donors (Lipinski definition) is 1. The number of carbonyl (C=O) groups excluding carboxylic acids is 1. The Hall–Kier alpha value is -2.32. The van der Waals surface area contributed by atoms with E-state index in [1.807, 2.05) is 13.8 Å². The van der Waals surface area contributed by atoms with Crippen LogP contribution in [0.1, 0.15) is 35.8 Å². The van der Waals surface area contributed by atoms with Crippen molar-refractivity contribution in [2.45, 2.75) is 33.2 Å². The molecule has 3 rings (SSSR count). The van der Waals surface area contributed by atoms with Gasteiger partial charge in [-0.15, -0.1) is 10.2 Å². The van der Waals surface area contributed by atoms with Gasteiger partial charge in [0.1, 0.15) is 5.01 Å². The molecule has 9 heteroatoms. The lowest BCUT2D eigenvalue weighted by molar-refractivity contribution is 0.101. The summed E-state index contributed by atoms with van der Waals surface area (Å²) in [5.41, 5.74) is -0.0172. The second-order valence-electron chi connectivity index (χ2n) is 5.36. The Morgan fingerprint density at radius 1 is 1.32 bits per heavy atom. The van der Waals surface area contributed by atoms with Crippen LogP contribution in [0.4, 0.5) is 5.13 Å². The summed E-state index contributed by atoms with van der Waals surface area (Å²) in [6.07, 6.45) is 1.74. The highest BCUT2D eigenvalue weighted by atomic mass is 35.5. The molecule has 0 aliphatic rings. The third-order valence-electron chi connectivity index (χ3n) is 3.58. The normalized spacial score (nSPS) is 11.0. The van der Waals surface area contributed by atoms with Crippen LogP contribution in [-0.4, -0.2) is 25.9 Å². The summed E-state index contributed by atoms with van der Waals surface area (Å²) in [5.74, 6) is -0.603. The molecule has 1 amide bonds. The number of carbonyl (C=O) groups is 1. The van der Waals surface area contributed by atoms with E-state index in [2.05, 4.69) is 20.6 Å². The second-order valence-corrected chi connectivity index (χ2v) is 6.86. The summed E-state index contributed by atoms with van der Waals surface area (Å²) in [7, 11) is 0. The van der Waals surface area contributed by atoms with E-state index < -0.39 is 11.3 Å². The van der Waals surface area contributed by atoms with Crippen molar-refractivity contribution in [2.24, 2.45) is 0 Å². The first-order chi connectivity index (χ1) is 12.0. The minimum absolute atomic E-state index is 0.191. The third-order valence-corrected chi connectivity index (χ3v) is 4.72. The van der Waals surface area contributed by atoms with Crippen LogP contribution >= 0.6 is 22.9 Å². The number of anilines is 1. The Labute approximate surface area is 152 Å². The summed E-state index contributed by atoms with van der Waals surface area (Å²) in [6.45, 7) is 4.43. The van der Waals surface area contributed by atoms with Gasteiger partial charge in [-0.25, -0.2) is 0 Å². The lowest BCUT2D eigenvalue weighted by Crippen LogP contribution is -2.27. The van der Waals surface area contributed by atoms with Crippen LogP contribution in [0.2, 0.25) is 5.02 Å². The van der Waals surface area contributed by atoms with E-state index in [0.717, 1.165) is 17.8 Å². The average molecular weight is 378 g/mol. The van der Waals surface area contributed by atoms with Crippen LogP contribution in [-0.2, 0) is 13.0 Å². The lowest BCUT2D eigenvalue weighted by atomic mass is 10.2. The second kappa shape index (κ2) is 7.28. The van der Waals surface area contributed by atoms with E-state index in [9.17, 15) is 9.59 Å². The van der Waals surface area contributed by atoms with Crippen molar-refractivity contribution in [1.29, 1.82) is 0 Å². The van der Waals surface area contributed by atoms with Crippen LogP contribution in [0.3, 0.4) is 0 Å². The molecule has 1 aromatic carbocycles. The highest BCUT2D eigenvalue weighted by Crippen LogP contribution is 2.19. The van der Waals surface area contributed by atoms with Crippen LogP contribution < -0.4 is 10.7 Å². The molecule has 3 aromatic rings. The summed E-state index contributed by atoms with van der Waals surface area (Å²) < 4.78 is 1.60. The summed E-state index contributed by atoms with van der Waals surface area (Å²) in [6, 6.07) is 4.96. The molecule has 7 nitrogen and oxygen atoms in total. The van der Waals surface area contributed by atoms with Gasteiger partial charge in [0.15, 0.2) is 5.69 Å². The molecule has 1 N–H and O–H groups in total. The van der Waals surface area contributed by atoms with Crippen LogP contribution in [0.15, 0.2) is 23.0 Å². The van der Waals surface area contributed by atoms with Gasteiger partial charge in [0.2, 0.25) is 10.6 Å². The van der Waals surface area contributed by atoms with Gasteiger partial charge < -0.3 is 0 Å². The van der Waals surface area contributed by atoms with Gasteiger partial charge in [-0.1, -0.05) is 29.9 Å². The van der Waals surface area contributed by atoms with Crippen molar-refractivity contribution in [2.75, 3.05) is 5.32 Å². The van der Waals surface area contributed by atoms with Crippen molar-refractivity contribution in [3.63, 3.8) is 0 Å². The zero-order valence-corrected chi connectivity index (χ0v) is 15.3. The molecule has 0 spiro atoms. The van der Waals surface area contributed by atoms with Crippen molar-refractivity contribution >= 4 is 44.9 Å². The van der Waals surface area contributed by atoms with Gasteiger partial charge in [0, 0.05) is 18.0 Å². The third kappa shape index (κ3) is 3.54. The summed E-state index contributed by atoms with van der Waals surface area (Å²) in [4.78, 5) is 25.2. The Kier molecular flexibility index (Phi) is 5.10. The topological polar surface area (TPSA) is 89.8 Å². The maximum absolute atomic E-state index is 12.7. The number of benzene rings is 1. The van der Waals surface area contributed by atoms with Crippen LogP contribution in [0.25, 0.3) is 10.9 Å². The van der Waals surface area contributed by atoms with E-state index in [4.69, 9.17) is 11.6 Å². The monoisotopic (exact) mass is 377 g/mol. The zero-order chi connectivity index (χ0) is 18.0. The lowest BCUT2D eigenvalue weighted by Gasteiger charge is -2.10. The van der Waals surface area contributed by atoms with E-state index in [1.54, 1.807) is 22.9 Å². The standard InChI is InChI=1S/C16H16ClN5O2S/c1-3-5-12-19-20-16(25-12)18-15(24)13-14(23)10-8-9(17)6-7-11(10)22(4-2)21-13/h6-8H,3-5H2,1-2H3,(H,18,20,24). The SMILES string of the molecule is CCCc1nnc(NC(=O)c2nn(CC)c3ccc(Cl)cc3c2=O)s1. The Balaban J connectivity index is 2.00. The first-order valence-electron chi connectivity index (χ1n) is 7.87. The van der Waals surface area contributed by atoms with Crippen molar-refractivity contribution in [3.8, 4) is 0 Å². The summed E-state index contributed by atoms with van der Waals surface area (Å²) in [5, 5.41) is 16.7. The molecule has 0 saturated heterocycles. The van der Waals surface area contributed by atoms with E-state index in [-0.39, 0.29) is 5.69 Å². The average Bonchev–Trinajstić information content (AvgIpc) is 3.03. The molecule has 0 atom stereocenters. The number of nitrogens with one attached hydrogen (secondary N) is 1. The first-order valence-corrected chi connectivity index (χ1v) is 9.07. The molecule has 0 unspecified atom stereocenters. The number of nitrogens with zero attached hydrogens (tertiary/aromatic N) is 4. The predicted octanol–water partition coefficient (Wildman–Crippen LogP) is 3.13. The van der Waals surface area contributed by atoms with Gasteiger partial charge in [0.25, 0.3) is 5.91 Å². The molecular weight excluding hydrogens is 362 g/mol. The first kappa shape index (κ1) is 17.5. The maximum atomic E-state index is 12.7. The van der Waals surface area contributed by atoms with E-state index >= 15 is 0 Å². The zero-order valence-electron chi connectivity index (χ0n) is 13.7. The molecule has 0 bridgehead atoms. The van der Waals surface area contributed by atoms with Crippen molar-refractivity contribution < 1.29 is 4.79 Å². The number of hydrogen-bond acceptors (Lipinski definition) is 6.